The number of nitrogens with zero attached hydrogens (tertiary/aromatic N) is 1. The first-order valence-electron chi connectivity index (χ1n) is 6.72. The number of para-hydroxylation sites is 1. The number of benzene rings is 2. The first-order valence-corrected chi connectivity index (χ1v) is 7.71. The zero-order chi connectivity index (χ0) is 15.8. The van der Waals surface area contributed by atoms with E-state index in [1.807, 2.05) is 35.7 Å². The molecule has 112 valence electrons. The Kier molecular flexibility index (Phi) is 5.87. The molecule has 0 atom stereocenters. The molecule has 0 aliphatic rings. The normalized spacial score (nSPS) is 9.82. The third-order valence-electron chi connectivity index (χ3n) is 2.82. The zero-order valence-electron chi connectivity index (χ0n) is 12.1. The molecule has 0 N–H and O–H groups in total. The van der Waals surface area contributed by atoms with E-state index in [-0.39, 0.29) is 5.78 Å². The smallest absolute Gasteiger partial charge is 0.163 e. The molecule has 2 rings (SSSR count). The van der Waals surface area contributed by atoms with Gasteiger partial charge < -0.3 is 9.47 Å². The molecule has 0 aromatic heterocycles. The molecule has 5 heteroatoms. The Bertz CT molecular complexity index is 680. The standard InChI is InChI=1S/C17H15NO3S/c1-13(19)16-11-15(21-14-5-3-2-4-6-14)7-8-17(16)20-9-10-22-12-18/h2-8,11H,9-10H2,1H3. The number of hydrogen-bond acceptors (Lipinski definition) is 5. The van der Waals surface area contributed by atoms with Crippen molar-refractivity contribution in [2.75, 3.05) is 12.4 Å². The molecule has 0 amide bonds. The fraction of sp³-hybridized carbons (Fsp3) is 0.176. The maximum absolute atomic E-state index is 11.8. The van der Waals surface area contributed by atoms with Crippen LogP contribution in [0.3, 0.4) is 0 Å². The number of hydrogen-bond donors (Lipinski definition) is 0. The predicted octanol–water partition coefficient (Wildman–Crippen LogP) is 4.27. The summed E-state index contributed by atoms with van der Waals surface area (Å²) in [5.74, 6) is 2.25. The van der Waals surface area contributed by atoms with Crippen LogP contribution in [0.15, 0.2) is 48.5 Å². The monoisotopic (exact) mass is 313 g/mol. The van der Waals surface area contributed by atoms with Gasteiger partial charge in [0.05, 0.1) is 12.2 Å². The van der Waals surface area contributed by atoms with E-state index in [1.165, 1.54) is 6.92 Å². The maximum atomic E-state index is 11.8. The molecule has 0 spiro atoms. The van der Waals surface area contributed by atoms with Crippen molar-refractivity contribution in [3.63, 3.8) is 0 Å². The average Bonchev–Trinajstić information content (AvgIpc) is 2.53. The van der Waals surface area contributed by atoms with Gasteiger partial charge >= 0.3 is 0 Å². The maximum Gasteiger partial charge on any atom is 0.163 e. The summed E-state index contributed by atoms with van der Waals surface area (Å²) in [7, 11) is 0. The highest BCUT2D eigenvalue weighted by Gasteiger charge is 2.11. The summed E-state index contributed by atoms with van der Waals surface area (Å²) in [6, 6.07) is 14.5. The molecule has 0 saturated heterocycles. The second-order valence-electron chi connectivity index (χ2n) is 4.42. The fourth-order valence-corrected chi connectivity index (χ4v) is 2.10. The number of rotatable bonds is 7. The summed E-state index contributed by atoms with van der Waals surface area (Å²) >= 11 is 1.12. The van der Waals surface area contributed by atoms with Crippen molar-refractivity contribution in [3.8, 4) is 22.6 Å². The third kappa shape index (κ3) is 4.54. The minimum absolute atomic E-state index is 0.0959. The van der Waals surface area contributed by atoms with Crippen LogP contribution in [0.5, 0.6) is 17.2 Å². The third-order valence-corrected chi connectivity index (χ3v) is 3.32. The Morgan fingerprint density at radius 2 is 1.95 bits per heavy atom. The van der Waals surface area contributed by atoms with Crippen LogP contribution in [0, 0.1) is 10.7 Å². The second-order valence-corrected chi connectivity index (χ2v) is 5.30. The lowest BCUT2D eigenvalue weighted by Crippen LogP contribution is -2.04. The molecule has 4 nitrogen and oxygen atoms in total. The number of Topliss-reactive ketones (excluding diaryl/α,β-unsaturated/α-hetero) is 1. The van der Waals surface area contributed by atoms with Crippen molar-refractivity contribution in [1.29, 1.82) is 5.26 Å². The summed E-state index contributed by atoms with van der Waals surface area (Å²) < 4.78 is 11.3. The van der Waals surface area contributed by atoms with E-state index in [2.05, 4.69) is 0 Å². The Morgan fingerprint density at radius 3 is 2.64 bits per heavy atom. The van der Waals surface area contributed by atoms with Crippen LogP contribution in [0.25, 0.3) is 0 Å². The highest BCUT2D eigenvalue weighted by atomic mass is 32.2. The van der Waals surface area contributed by atoms with Crippen molar-refractivity contribution in [1.82, 2.24) is 0 Å². The zero-order valence-corrected chi connectivity index (χ0v) is 12.9. The molecular formula is C17H15NO3S. The minimum Gasteiger partial charge on any atom is -0.492 e. The SMILES string of the molecule is CC(=O)c1cc(Oc2ccccc2)ccc1OCCSC#N. The Balaban J connectivity index is 2.13. The van der Waals surface area contributed by atoms with Gasteiger partial charge in [-0.25, -0.2) is 0 Å². The number of thiocyanates is 1. The molecule has 2 aromatic carbocycles. The minimum atomic E-state index is -0.0959. The number of carbonyl (C=O) groups excluding carboxylic acids is 1. The molecular weight excluding hydrogens is 298 g/mol. The number of carbonyl (C=O) groups is 1. The van der Waals surface area contributed by atoms with Gasteiger partial charge in [0, 0.05) is 5.75 Å². The molecule has 22 heavy (non-hydrogen) atoms. The first kappa shape index (κ1) is 15.9. The molecule has 0 heterocycles. The average molecular weight is 313 g/mol. The fourth-order valence-electron chi connectivity index (χ4n) is 1.84. The summed E-state index contributed by atoms with van der Waals surface area (Å²) in [5.41, 5.74) is 0.468. The van der Waals surface area contributed by atoms with Crippen molar-refractivity contribution >= 4 is 17.5 Å². The van der Waals surface area contributed by atoms with E-state index in [4.69, 9.17) is 14.7 Å². The number of thioether (sulfide) groups is 1. The molecule has 0 unspecified atom stereocenters. The summed E-state index contributed by atoms with van der Waals surface area (Å²) in [6.45, 7) is 1.86. The van der Waals surface area contributed by atoms with Gasteiger partial charge in [-0.2, -0.15) is 5.26 Å². The van der Waals surface area contributed by atoms with Gasteiger partial charge in [0.25, 0.3) is 0 Å². The molecule has 0 radical (unpaired) electrons. The Hall–Kier alpha value is -2.45. The van der Waals surface area contributed by atoms with Crippen LogP contribution in [0.2, 0.25) is 0 Å². The summed E-state index contributed by atoms with van der Waals surface area (Å²) in [4.78, 5) is 11.8. The van der Waals surface area contributed by atoms with E-state index in [1.54, 1.807) is 18.2 Å². The van der Waals surface area contributed by atoms with Gasteiger partial charge in [-0.1, -0.05) is 18.2 Å². The number of ketones is 1. The first-order chi connectivity index (χ1) is 10.7. The van der Waals surface area contributed by atoms with Crippen molar-refractivity contribution < 1.29 is 14.3 Å². The van der Waals surface area contributed by atoms with E-state index in [9.17, 15) is 4.79 Å². The molecule has 0 fully saturated rings. The van der Waals surface area contributed by atoms with Crippen molar-refractivity contribution in [3.05, 3.63) is 54.1 Å². The summed E-state index contributed by atoms with van der Waals surface area (Å²) in [5, 5.41) is 10.4. The second kappa shape index (κ2) is 8.11. The van der Waals surface area contributed by atoms with Crippen molar-refractivity contribution in [2.45, 2.75) is 6.92 Å². The predicted molar refractivity (Wildman–Crippen MR) is 86.5 cm³/mol. The quantitative estimate of drug-likeness (QED) is 0.434. The van der Waals surface area contributed by atoms with Crippen LogP contribution in [0.1, 0.15) is 17.3 Å². The van der Waals surface area contributed by atoms with Gasteiger partial charge in [-0.3, -0.25) is 4.79 Å². The molecule has 0 saturated carbocycles. The van der Waals surface area contributed by atoms with Gasteiger partial charge in [0.2, 0.25) is 0 Å². The van der Waals surface area contributed by atoms with Crippen LogP contribution in [-0.4, -0.2) is 18.1 Å². The van der Waals surface area contributed by atoms with E-state index >= 15 is 0 Å². The van der Waals surface area contributed by atoms with Crippen LogP contribution in [-0.2, 0) is 0 Å². The van der Waals surface area contributed by atoms with Crippen LogP contribution in [0.4, 0.5) is 0 Å². The largest absolute Gasteiger partial charge is 0.492 e. The van der Waals surface area contributed by atoms with E-state index in [0.29, 0.717) is 35.2 Å². The Morgan fingerprint density at radius 1 is 1.18 bits per heavy atom. The van der Waals surface area contributed by atoms with Crippen LogP contribution < -0.4 is 9.47 Å². The van der Waals surface area contributed by atoms with Gasteiger partial charge in [-0.05, 0) is 49.0 Å². The number of ether oxygens (including phenoxy) is 2. The number of nitriles is 1. The van der Waals surface area contributed by atoms with E-state index < -0.39 is 0 Å². The molecule has 2 aromatic rings. The lowest BCUT2D eigenvalue weighted by Gasteiger charge is -2.11. The topological polar surface area (TPSA) is 59.3 Å². The highest BCUT2D eigenvalue weighted by Crippen LogP contribution is 2.28. The Labute approximate surface area is 133 Å². The van der Waals surface area contributed by atoms with Gasteiger partial charge in [-0.15, -0.1) is 0 Å². The van der Waals surface area contributed by atoms with Crippen LogP contribution >= 0.6 is 11.8 Å². The lowest BCUT2D eigenvalue weighted by molar-refractivity contribution is 0.101. The lowest BCUT2D eigenvalue weighted by atomic mass is 10.1. The summed E-state index contributed by atoms with van der Waals surface area (Å²) in [6.07, 6.45) is 0. The molecule has 0 aliphatic carbocycles. The van der Waals surface area contributed by atoms with Gasteiger partial charge in [0.15, 0.2) is 5.78 Å². The van der Waals surface area contributed by atoms with Crippen molar-refractivity contribution in [2.24, 2.45) is 0 Å². The van der Waals surface area contributed by atoms with Gasteiger partial charge in [0.1, 0.15) is 22.6 Å². The van der Waals surface area contributed by atoms with E-state index in [0.717, 1.165) is 11.8 Å². The molecule has 0 aliphatic heterocycles. The molecule has 0 bridgehead atoms. The highest BCUT2D eigenvalue weighted by molar-refractivity contribution is 8.03.